The van der Waals surface area contributed by atoms with Crippen LogP contribution in [0.15, 0.2) is 18.2 Å². The molecule has 0 saturated heterocycles. The van der Waals surface area contributed by atoms with Gasteiger partial charge in [0.15, 0.2) is 5.78 Å². The molecule has 18 heavy (non-hydrogen) atoms. The Kier molecular flexibility index (Phi) is 4.26. The predicted molar refractivity (Wildman–Crippen MR) is 52.7 cm³/mol. The molecule has 1 aromatic rings. The molecule has 0 unspecified atom stereocenters. The van der Waals surface area contributed by atoms with Crippen molar-refractivity contribution in [2.24, 2.45) is 0 Å². The molecule has 0 saturated carbocycles. The van der Waals surface area contributed by atoms with Crippen molar-refractivity contribution in [3.8, 4) is 5.75 Å². The van der Waals surface area contributed by atoms with Gasteiger partial charge in [0.05, 0.1) is 11.1 Å². The van der Waals surface area contributed by atoms with E-state index in [1.165, 1.54) is 6.92 Å². The Morgan fingerprint density at radius 3 is 2.39 bits per heavy atom. The van der Waals surface area contributed by atoms with Gasteiger partial charge in [-0.05, 0) is 12.1 Å². The van der Waals surface area contributed by atoms with Crippen LogP contribution in [-0.2, 0) is 6.18 Å². The number of alkyl halides is 5. The monoisotopic (exact) mass is 268 g/mol. The van der Waals surface area contributed by atoms with E-state index < -0.39 is 35.4 Å². The van der Waals surface area contributed by atoms with Crippen LogP contribution in [-0.4, -0.2) is 12.4 Å². The average molecular weight is 268 g/mol. The van der Waals surface area contributed by atoms with Gasteiger partial charge in [-0.1, -0.05) is 13.0 Å². The summed E-state index contributed by atoms with van der Waals surface area (Å²) >= 11 is 0. The van der Waals surface area contributed by atoms with E-state index in [1.54, 1.807) is 0 Å². The second-order valence-electron chi connectivity index (χ2n) is 3.33. The molecule has 0 atom stereocenters. The van der Waals surface area contributed by atoms with Crippen LogP contribution >= 0.6 is 0 Å². The molecule has 1 rings (SSSR count). The molecule has 100 valence electrons. The topological polar surface area (TPSA) is 26.3 Å². The number of hydrogen-bond donors (Lipinski definition) is 0. The van der Waals surface area contributed by atoms with Crippen LogP contribution in [0.4, 0.5) is 22.0 Å². The summed E-state index contributed by atoms with van der Waals surface area (Å²) in [5, 5.41) is 0. The molecule has 0 aliphatic rings. The Hall–Kier alpha value is -1.66. The first-order chi connectivity index (χ1) is 8.27. The maximum Gasteiger partial charge on any atom is 0.417 e. The standard InChI is InChI=1S/C11H9F5O2/c1-2-7(17)9-6(11(14,15)16)4-3-5-8(9)18-10(12)13/h3-5,10H,2H2,1H3. The Morgan fingerprint density at radius 1 is 1.33 bits per heavy atom. The van der Waals surface area contributed by atoms with Crippen molar-refractivity contribution < 1.29 is 31.5 Å². The molecule has 0 radical (unpaired) electrons. The van der Waals surface area contributed by atoms with Gasteiger partial charge >= 0.3 is 12.8 Å². The van der Waals surface area contributed by atoms with Gasteiger partial charge in [0.25, 0.3) is 0 Å². The first-order valence-corrected chi connectivity index (χ1v) is 4.95. The summed E-state index contributed by atoms with van der Waals surface area (Å²) in [5.41, 5.74) is -2.12. The SMILES string of the molecule is CCC(=O)c1c(OC(F)F)cccc1C(F)(F)F. The van der Waals surface area contributed by atoms with Gasteiger partial charge in [-0.25, -0.2) is 0 Å². The number of rotatable bonds is 4. The van der Waals surface area contributed by atoms with Crippen molar-refractivity contribution in [1.29, 1.82) is 0 Å². The Bertz CT molecular complexity index is 440. The number of carbonyl (C=O) groups is 1. The van der Waals surface area contributed by atoms with Crippen LogP contribution < -0.4 is 4.74 Å². The molecule has 0 aliphatic carbocycles. The number of halogens is 5. The Balaban J connectivity index is 3.40. The van der Waals surface area contributed by atoms with E-state index in [-0.39, 0.29) is 6.42 Å². The van der Waals surface area contributed by atoms with Crippen molar-refractivity contribution in [3.63, 3.8) is 0 Å². The van der Waals surface area contributed by atoms with Crippen LogP contribution in [0.3, 0.4) is 0 Å². The maximum absolute atomic E-state index is 12.7. The molecule has 0 N–H and O–H groups in total. The number of ether oxygens (including phenoxy) is 1. The quantitative estimate of drug-likeness (QED) is 0.611. The van der Waals surface area contributed by atoms with E-state index in [9.17, 15) is 26.7 Å². The zero-order valence-corrected chi connectivity index (χ0v) is 9.22. The van der Waals surface area contributed by atoms with E-state index in [0.717, 1.165) is 12.1 Å². The summed E-state index contributed by atoms with van der Waals surface area (Å²) in [6.45, 7) is -1.96. The van der Waals surface area contributed by atoms with Gasteiger partial charge < -0.3 is 4.74 Å². The van der Waals surface area contributed by atoms with Crippen LogP contribution in [0.2, 0.25) is 0 Å². The molecule has 0 heterocycles. The Labute approximate surface area is 99.4 Å². The van der Waals surface area contributed by atoms with Gasteiger partial charge in [-0.3, -0.25) is 4.79 Å². The number of carbonyl (C=O) groups excluding carboxylic acids is 1. The number of ketones is 1. The first kappa shape index (κ1) is 14.4. The number of benzene rings is 1. The fraction of sp³-hybridized carbons (Fsp3) is 0.364. The lowest BCUT2D eigenvalue weighted by Crippen LogP contribution is -2.15. The third-order valence-electron chi connectivity index (χ3n) is 2.15. The van der Waals surface area contributed by atoms with Crippen LogP contribution in [0.25, 0.3) is 0 Å². The summed E-state index contributed by atoms with van der Waals surface area (Å²) in [6, 6.07) is 2.47. The first-order valence-electron chi connectivity index (χ1n) is 4.95. The predicted octanol–water partition coefficient (Wildman–Crippen LogP) is 3.90. The smallest absolute Gasteiger partial charge is 0.417 e. The molecule has 7 heteroatoms. The molecule has 2 nitrogen and oxygen atoms in total. The van der Waals surface area contributed by atoms with Gasteiger partial charge in [0.2, 0.25) is 0 Å². The molecule has 0 fully saturated rings. The average Bonchev–Trinajstić information content (AvgIpc) is 2.25. The fourth-order valence-electron chi connectivity index (χ4n) is 1.43. The largest absolute Gasteiger partial charge is 0.434 e. The van der Waals surface area contributed by atoms with Crippen LogP contribution in [0, 0.1) is 0 Å². The second kappa shape index (κ2) is 5.32. The van der Waals surface area contributed by atoms with E-state index in [2.05, 4.69) is 4.74 Å². The van der Waals surface area contributed by atoms with Crippen molar-refractivity contribution in [2.45, 2.75) is 26.1 Å². The summed E-state index contributed by atoms with van der Waals surface area (Å²) in [5.74, 6) is -1.66. The van der Waals surface area contributed by atoms with Gasteiger partial charge in [-0.15, -0.1) is 0 Å². The van der Waals surface area contributed by atoms with Gasteiger partial charge in [0, 0.05) is 6.42 Å². The maximum atomic E-state index is 12.7. The summed E-state index contributed by atoms with van der Waals surface area (Å²) < 4.78 is 66.1. The highest BCUT2D eigenvalue weighted by Gasteiger charge is 2.36. The second-order valence-corrected chi connectivity index (χ2v) is 3.33. The van der Waals surface area contributed by atoms with Crippen molar-refractivity contribution in [3.05, 3.63) is 29.3 Å². The zero-order chi connectivity index (χ0) is 13.9. The molecule has 0 amide bonds. The summed E-state index contributed by atoms with van der Waals surface area (Å²) in [7, 11) is 0. The minimum absolute atomic E-state index is 0.243. The summed E-state index contributed by atoms with van der Waals surface area (Å²) in [4.78, 5) is 11.5. The van der Waals surface area contributed by atoms with E-state index >= 15 is 0 Å². The highest BCUT2D eigenvalue weighted by molar-refractivity contribution is 6.00. The molecule has 0 spiro atoms. The third kappa shape index (κ3) is 3.18. The van der Waals surface area contributed by atoms with Crippen LogP contribution in [0.1, 0.15) is 29.3 Å². The molecule has 0 aromatic heterocycles. The van der Waals surface area contributed by atoms with Gasteiger partial charge in [-0.2, -0.15) is 22.0 Å². The van der Waals surface area contributed by atoms with E-state index in [0.29, 0.717) is 6.07 Å². The van der Waals surface area contributed by atoms with E-state index in [1.807, 2.05) is 0 Å². The van der Waals surface area contributed by atoms with Gasteiger partial charge in [0.1, 0.15) is 5.75 Å². The van der Waals surface area contributed by atoms with E-state index in [4.69, 9.17) is 0 Å². The summed E-state index contributed by atoms with van der Waals surface area (Å²) in [6.07, 6.45) is -5.05. The fourth-order valence-corrected chi connectivity index (χ4v) is 1.43. The molecular formula is C11H9F5O2. The minimum atomic E-state index is -4.80. The highest BCUT2D eigenvalue weighted by Crippen LogP contribution is 2.37. The third-order valence-corrected chi connectivity index (χ3v) is 2.15. The molecular weight excluding hydrogens is 259 g/mol. The van der Waals surface area contributed by atoms with Crippen molar-refractivity contribution >= 4 is 5.78 Å². The van der Waals surface area contributed by atoms with Crippen LogP contribution in [0.5, 0.6) is 5.75 Å². The lowest BCUT2D eigenvalue weighted by Gasteiger charge is -2.15. The Morgan fingerprint density at radius 2 is 1.94 bits per heavy atom. The normalized spacial score (nSPS) is 11.7. The molecule has 0 bridgehead atoms. The molecule has 0 aliphatic heterocycles. The number of hydrogen-bond acceptors (Lipinski definition) is 2. The van der Waals surface area contributed by atoms with Crippen molar-refractivity contribution in [2.75, 3.05) is 0 Å². The number of Topliss-reactive ketones (excluding diaryl/α,β-unsaturated/α-hetero) is 1. The lowest BCUT2D eigenvalue weighted by molar-refractivity contribution is -0.138. The lowest BCUT2D eigenvalue weighted by atomic mass is 10.0. The minimum Gasteiger partial charge on any atom is -0.434 e. The van der Waals surface area contributed by atoms with Crippen molar-refractivity contribution in [1.82, 2.24) is 0 Å². The highest BCUT2D eigenvalue weighted by atomic mass is 19.4. The molecule has 1 aromatic carbocycles. The zero-order valence-electron chi connectivity index (χ0n) is 9.22.